The van der Waals surface area contributed by atoms with Gasteiger partial charge in [0.2, 0.25) is 0 Å². The van der Waals surface area contributed by atoms with Gasteiger partial charge in [0.1, 0.15) is 5.82 Å². The Bertz CT molecular complexity index is 476. The van der Waals surface area contributed by atoms with Crippen LogP contribution in [0.3, 0.4) is 0 Å². The number of halogens is 1. The summed E-state index contributed by atoms with van der Waals surface area (Å²) in [5.41, 5.74) is 6.76. The SMILES string of the molecule is Cc1sc2ccc(F)cc2c1CCCN. The third kappa shape index (κ3) is 2.03. The Kier molecular flexibility index (Phi) is 3.03. The Balaban J connectivity index is 2.50. The molecule has 1 aromatic heterocycles. The molecule has 0 atom stereocenters. The Morgan fingerprint density at radius 2 is 2.20 bits per heavy atom. The van der Waals surface area contributed by atoms with Crippen LogP contribution < -0.4 is 5.73 Å². The molecule has 0 aliphatic rings. The quantitative estimate of drug-likeness (QED) is 0.849. The molecule has 0 saturated heterocycles. The molecule has 1 nitrogen and oxygen atoms in total. The van der Waals surface area contributed by atoms with Crippen molar-refractivity contribution in [2.75, 3.05) is 6.54 Å². The standard InChI is InChI=1S/C12H14FNS/c1-8-10(3-2-6-14)11-7-9(13)4-5-12(11)15-8/h4-5,7H,2-3,6,14H2,1H3. The van der Waals surface area contributed by atoms with E-state index in [-0.39, 0.29) is 5.82 Å². The third-order valence-corrected chi connectivity index (χ3v) is 3.71. The number of benzene rings is 1. The number of fused-ring (bicyclic) bond motifs is 1. The van der Waals surface area contributed by atoms with E-state index in [4.69, 9.17) is 5.73 Å². The zero-order chi connectivity index (χ0) is 10.8. The Morgan fingerprint density at radius 1 is 1.40 bits per heavy atom. The number of hydrogen-bond acceptors (Lipinski definition) is 2. The first-order valence-electron chi connectivity index (χ1n) is 5.10. The minimum absolute atomic E-state index is 0.158. The summed E-state index contributed by atoms with van der Waals surface area (Å²) >= 11 is 1.73. The highest BCUT2D eigenvalue weighted by Gasteiger charge is 2.08. The number of aryl methyl sites for hydroxylation is 2. The summed E-state index contributed by atoms with van der Waals surface area (Å²) < 4.78 is 14.3. The van der Waals surface area contributed by atoms with E-state index in [1.807, 2.05) is 6.07 Å². The van der Waals surface area contributed by atoms with E-state index >= 15 is 0 Å². The van der Waals surface area contributed by atoms with Crippen molar-refractivity contribution >= 4 is 21.4 Å². The second-order valence-electron chi connectivity index (χ2n) is 3.67. The Hall–Kier alpha value is -0.930. The van der Waals surface area contributed by atoms with Gasteiger partial charge in [-0.3, -0.25) is 0 Å². The van der Waals surface area contributed by atoms with Crippen molar-refractivity contribution in [3.05, 3.63) is 34.5 Å². The molecule has 0 amide bonds. The van der Waals surface area contributed by atoms with Crippen LogP contribution in [0.5, 0.6) is 0 Å². The molecule has 2 N–H and O–H groups in total. The van der Waals surface area contributed by atoms with E-state index in [1.165, 1.54) is 21.2 Å². The maximum Gasteiger partial charge on any atom is 0.123 e. The largest absolute Gasteiger partial charge is 0.330 e. The molecule has 1 aromatic carbocycles. The molecule has 0 aliphatic heterocycles. The summed E-state index contributed by atoms with van der Waals surface area (Å²) in [7, 11) is 0. The fourth-order valence-electron chi connectivity index (χ4n) is 1.83. The second kappa shape index (κ2) is 4.29. The zero-order valence-electron chi connectivity index (χ0n) is 8.72. The molecule has 80 valence electrons. The topological polar surface area (TPSA) is 26.0 Å². The van der Waals surface area contributed by atoms with Crippen molar-refractivity contribution in [3.63, 3.8) is 0 Å². The molecule has 2 rings (SSSR count). The number of rotatable bonds is 3. The van der Waals surface area contributed by atoms with E-state index in [0.29, 0.717) is 6.54 Å². The fraction of sp³-hybridized carbons (Fsp3) is 0.333. The van der Waals surface area contributed by atoms with Crippen LogP contribution in [0.1, 0.15) is 16.9 Å². The predicted octanol–water partition coefficient (Wildman–Crippen LogP) is 3.24. The van der Waals surface area contributed by atoms with Gasteiger partial charge in [-0.15, -0.1) is 11.3 Å². The molecule has 0 radical (unpaired) electrons. The van der Waals surface area contributed by atoms with Crippen LogP contribution in [0.25, 0.3) is 10.1 Å². The van der Waals surface area contributed by atoms with Crippen molar-refractivity contribution < 1.29 is 4.39 Å². The number of nitrogens with two attached hydrogens (primary N) is 1. The van der Waals surface area contributed by atoms with Gasteiger partial charge in [-0.05, 0) is 55.5 Å². The van der Waals surface area contributed by atoms with Crippen LogP contribution in [0, 0.1) is 12.7 Å². The minimum atomic E-state index is -0.158. The van der Waals surface area contributed by atoms with Gasteiger partial charge >= 0.3 is 0 Å². The number of thiophene rings is 1. The highest BCUT2D eigenvalue weighted by atomic mass is 32.1. The van der Waals surface area contributed by atoms with Gasteiger partial charge in [0.05, 0.1) is 0 Å². The molecule has 0 unspecified atom stereocenters. The average molecular weight is 223 g/mol. The van der Waals surface area contributed by atoms with Gasteiger partial charge in [0, 0.05) is 9.58 Å². The van der Waals surface area contributed by atoms with Gasteiger partial charge in [0.25, 0.3) is 0 Å². The summed E-state index contributed by atoms with van der Waals surface area (Å²) in [6, 6.07) is 5.00. The van der Waals surface area contributed by atoms with Crippen LogP contribution in [-0.2, 0) is 6.42 Å². The first-order chi connectivity index (χ1) is 7.22. The van der Waals surface area contributed by atoms with Crippen LogP contribution in [0.2, 0.25) is 0 Å². The van der Waals surface area contributed by atoms with Crippen molar-refractivity contribution in [1.29, 1.82) is 0 Å². The molecule has 0 aliphatic carbocycles. The van der Waals surface area contributed by atoms with E-state index in [2.05, 4.69) is 6.92 Å². The Labute approximate surface area is 92.7 Å². The van der Waals surface area contributed by atoms with Gasteiger partial charge in [0.15, 0.2) is 0 Å². The lowest BCUT2D eigenvalue weighted by Gasteiger charge is -1.99. The number of hydrogen-bond donors (Lipinski definition) is 1. The maximum absolute atomic E-state index is 13.1. The first kappa shape index (κ1) is 10.6. The Morgan fingerprint density at radius 3 is 2.93 bits per heavy atom. The normalized spacial score (nSPS) is 11.1. The molecule has 1 heterocycles. The van der Waals surface area contributed by atoms with E-state index < -0.39 is 0 Å². The van der Waals surface area contributed by atoms with Crippen LogP contribution in [0.15, 0.2) is 18.2 Å². The molecule has 2 aromatic rings. The highest BCUT2D eigenvalue weighted by molar-refractivity contribution is 7.19. The molecule has 0 bridgehead atoms. The summed E-state index contributed by atoms with van der Waals surface area (Å²) in [6.07, 6.45) is 1.91. The fourth-order valence-corrected chi connectivity index (χ4v) is 2.93. The van der Waals surface area contributed by atoms with Gasteiger partial charge in [-0.2, -0.15) is 0 Å². The molecule has 0 saturated carbocycles. The van der Waals surface area contributed by atoms with Crippen molar-refractivity contribution in [1.82, 2.24) is 0 Å². The summed E-state index contributed by atoms with van der Waals surface area (Å²) in [4.78, 5) is 1.28. The van der Waals surface area contributed by atoms with E-state index in [9.17, 15) is 4.39 Å². The summed E-state index contributed by atoms with van der Waals surface area (Å²) in [5, 5.41) is 1.06. The summed E-state index contributed by atoms with van der Waals surface area (Å²) in [5.74, 6) is -0.158. The van der Waals surface area contributed by atoms with Gasteiger partial charge in [-0.1, -0.05) is 0 Å². The lowest BCUT2D eigenvalue weighted by atomic mass is 10.1. The monoisotopic (exact) mass is 223 g/mol. The highest BCUT2D eigenvalue weighted by Crippen LogP contribution is 2.31. The molecular weight excluding hydrogens is 209 g/mol. The predicted molar refractivity (Wildman–Crippen MR) is 63.9 cm³/mol. The van der Waals surface area contributed by atoms with E-state index in [0.717, 1.165) is 18.2 Å². The molecular formula is C12H14FNS. The molecule has 0 spiro atoms. The van der Waals surface area contributed by atoms with Crippen molar-refractivity contribution in [2.45, 2.75) is 19.8 Å². The second-order valence-corrected chi connectivity index (χ2v) is 4.93. The molecule has 15 heavy (non-hydrogen) atoms. The molecule has 0 fully saturated rings. The van der Waals surface area contributed by atoms with Crippen molar-refractivity contribution in [2.24, 2.45) is 5.73 Å². The molecule has 3 heteroatoms. The maximum atomic E-state index is 13.1. The smallest absolute Gasteiger partial charge is 0.123 e. The van der Waals surface area contributed by atoms with Crippen LogP contribution in [-0.4, -0.2) is 6.54 Å². The minimum Gasteiger partial charge on any atom is -0.330 e. The lowest BCUT2D eigenvalue weighted by Crippen LogP contribution is -2.00. The lowest BCUT2D eigenvalue weighted by molar-refractivity contribution is 0.629. The van der Waals surface area contributed by atoms with E-state index in [1.54, 1.807) is 17.4 Å². The summed E-state index contributed by atoms with van der Waals surface area (Å²) in [6.45, 7) is 2.78. The van der Waals surface area contributed by atoms with Gasteiger partial charge < -0.3 is 5.73 Å². The van der Waals surface area contributed by atoms with Crippen molar-refractivity contribution in [3.8, 4) is 0 Å². The van der Waals surface area contributed by atoms with Crippen LogP contribution >= 0.6 is 11.3 Å². The average Bonchev–Trinajstić information content (AvgIpc) is 2.51. The van der Waals surface area contributed by atoms with Gasteiger partial charge in [-0.25, -0.2) is 4.39 Å². The van der Waals surface area contributed by atoms with Crippen LogP contribution in [0.4, 0.5) is 4.39 Å². The third-order valence-electron chi connectivity index (χ3n) is 2.59. The zero-order valence-corrected chi connectivity index (χ0v) is 9.53. The first-order valence-corrected chi connectivity index (χ1v) is 5.91.